The van der Waals surface area contributed by atoms with Gasteiger partial charge in [-0.2, -0.15) is 4.99 Å². The van der Waals surface area contributed by atoms with Crippen molar-refractivity contribution in [2.45, 2.75) is 13.3 Å². The summed E-state index contributed by atoms with van der Waals surface area (Å²) in [5.41, 5.74) is 1.61. The van der Waals surface area contributed by atoms with Gasteiger partial charge in [0.2, 0.25) is 6.08 Å². The Balaban J connectivity index is 3.20. The third-order valence-corrected chi connectivity index (χ3v) is 1.83. The zero-order valence-corrected chi connectivity index (χ0v) is 7.43. The maximum Gasteiger partial charge on any atom is 0.240 e. The van der Waals surface area contributed by atoms with E-state index in [2.05, 4.69) is 4.99 Å². The summed E-state index contributed by atoms with van der Waals surface area (Å²) >= 11 is 5.72. The first-order valence-electron chi connectivity index (χ1n) is 3.64. The van der Waals surface area contributed by atoms with Gasteiger partial charge in [0, 0.05) is 5.02 Å². The van der Waals surface area contributed by atoms with Crippen LogP contribution >= 0.6 is 11.6 Å². The number of nitrogens with zero attached hydrogens (tertiary/aromatic N) is 1. The highest BCUT2D eigenvalue weighted by Crippen LogP contribution is 2.23. The van der Waals surface area contributed by atoms with Crippen LogP contribution in [0.15, 0.2) is 23.2 Å². The Bertz CT molecular complexity index is 329. The van der Waals surface area contributed by atoms with E-state index in [9.17, 15) is 4.79 Å². The van der Waals surface area contributed by atoms with Crippen LogP contribution in [0.3, 0.4) is 0 Å². The van der Waals surface area contributed by atoms with Crippen LogP contribution in [0.2, 0.25) is 5.02 Å². The number of carbonyl (C=O) groups excluding carboxylic acids is 1. The number of isocyanates is 1. The number of benzene rings is 1. The second kappa shape index (κ2) is 4.05. The van der Waals surface area contributed by atoms with E-state index in [1.165, 1.54) is 6.08 Å². The lowest BCUT2D eigenvalue weighted by Gasteiger charge is -2.00. The minimum absolute atomic E-state index is 0.584. The molecule has 2 nitrogen and oxygen atoms in total. The normalized spacial score (nSPS) is 9.17. The highest BCUT2D eigenvalue weighted by atomic mass is 35.5. The van der Waals surface area contributed by atoms with Gasteiger partial charge < -0.3 is 0 Å². The molecule has 0 bridgehead atoms. The third kappa shape index (κ3) is 1.94. The minimum Gasteiger partial charge on any atom is -0.211 e. The Kier molecular flexibility index (Phi) is 3.03. The lowest BCUT2D eigenvalue weighted by Crippen LogP contribution is -1.80. The fraction of sp³-hybridized carbons (Fsp3) is 0.222. The Labute approximate surface area is 75.9 Å². The molecule has 0 spiro atoms. The molecule has 0 saturated heterocycles. The van der Waals surface area contributed by atoms with Crippen LogP contribution in [-0.2, 0) is 11.2 Å². The van der Waals surface area contributed by atoms with Gasteiger partial charge in [-0.3, -0.25) is 0 Å². The molecule has 0 atom stereocenters. The molecule has 0 aliphatic carbocycles. The fourth-order valence-corrected chi connectivity index (χ4v) is 1.16. The van der Waals surface area contributed by atoms with Crippen LogP contribution in [0, 0.1) is 0 Å². The molecule has 0 aliphatic heterocycles. The van der Waals surface area contributed by atoms with E-state index in [-0.39, 0.29) is 0 Å². The van der Waals surface area contributed by atoms with E-state index in [1.54, 1.807) is 12.1 Å². The highest BCUT2D eigenvalue weighted by Gasteiger charge is 1.99. The van der Waals surface area contributed by atoms with Crippen LogP contribution in [0.1, 0.15) is 12.5 Å². The quantitative estimate of drug-likeness (QED) is 0.510. The summed E-state index contributed by atoms with van der Waals surface area (Å²) < 4.78 is 0. The van der Waals surface area contributed by atoms with Crippen LogP contribution in [0.4, 0.5) is 5.69 Å². The summed E-state index contributed by atoms with van der Waals surface area (Å²) in [6.07, 6.45) is 2.33. The maximum absolute atomic E-state index is 10.0. The van der Waals surface area contributed by atoms with Crippen molar-refractivity contribution in [3.05, 3.63) is 28.8 Å². The predicted octanol–water partition coefficient (Wildman–Crippen LogP) is 2.87. The van der Waals surface area contributed by atoms with Crippen LogP contribution < -0.4 is 0 Å². The van der Waals surface area contributed by atoms with Crippen molar-refractivity contribution >= 4 is 23.4 Å². The standard InChI is InChI=1S/C9H8ClNO/c1-2-7-3-4-8(10)5-9(7)11-6-12/h3-5H,2H2,1H3. The maximum atomic E-state index is 10.0. The lowest BCUT2D eigenvalue weighted by molar-refractivity contribution is 0.565. The number of hydrogen-bond donors (Lipinski definition) is 0. The SMILES string of the molecule is CCc1ccc(Cl)cc1N=C=O. The van der Waals surface area contributed by atoms with Crippen LogP contribution in [0.25, 0.3) is 0 Å². The molecule has 1 rings (SSSR count). The van der Waals surface area contributed by atoms with Gasteiger partial charge in [0.25, 0.3) is 0 Å². The molecule has 3 heteroatoms. The largest absolute Gasteiger partial charge is 0.240 e. The van der Waals surface area contributed by atoms with E-state index < -0.39 is 0 Å². The average molecular weight is 182 g/mol. The molecule has 0 fully saturated rings. The second-order valence-corrected chi connectivity index (χ2v) is 2.77. The van der Waals surface area contributed by atoms with Gasteiger partial charge in [-0.25, -0.2) is 4.79 Å². The van der Waals surface area contributed by atoms with E-state index in [0.29, 0.717) is 10.7 Å². The Hall–Kier alpha value is -1.11. The van der Waals surface area contributed by atoms with Crippen molar-refractivity contribution in [1.29, 1.82) is 0 Å². The zero-order chi connectivity index (χ0) is 8.97. The molecular formula is C9H8ClNO. The van der Waals surface area contributed by atoms with Crippen molar-refractivity contribution in [2.75, 3.05) is 0 Å². The molecular weight excluding hydrogens is 174 g/mol. The molecule has 0 N–H and O–H groups in total. The Morgan fingerprint density at radius 2 is 2.33 bits per heavy atom. The van der Waals surface area contributed by atoms with E-state index in [1.807, 2.05) is 13.0 Å². The molecule has 0 saturated carbocycles. The number of rotatable bonds is 2. The van der Waals surface area contributed by atoms with Crippen LogP contribution in [-0.4, -0.2) is 6.08 Å². The van der Waals surface area contributed by atoms with Gasteiger partial charge in [0.05, 0.1) is 5.69 Å². The molecule has 0 unspecified atom stereocenters. The molecule has 1 aromatic rings. The van der Waals surface area contributed by atoms with Gasteiger partial charge >= 0.3 is 0 Å². The number of halogens is 1. The molecule has 0 heterocycles. The van der Waals surface area contributed by atoms with Crippen molar-refractivity contribution in [1.82, 2.24) is 0 Å². The Morgan fingerprint density at radius 3 is 2.92 bits per heavy atom. The van der Waals surface area contributed by atoms with Gasteiger partial charge in [-0.15, -0.1) is 0 Å². The fourth-order valence-electron chi connectivity index (χ4n) is 0.989. The zero-order valence-electron chi connectivity index (χ0n) is 6.67. The average Bonchev–Trinajstić information content (AvgIpc) is 2.05. The van der Waals surface area contributed by atoms with Crippen molar-refractivity contribution < 1.29 is 4.79 Å². The van der Waals surface area contributed by atoms with Gasteiger partial charge in [-0.1, -0.05) is 24.6 Å². The van der Waals surface area contributed by atoms with E-state index in [4.69, 9.17) is 11.6 Å². The highest BCUT2D eigenvalue weighted by molar-refractivity contribution is 6.30. The number of aryl methyl sites for hydroxylation is 1. The first-order chi connectivity index (χ1) is 5.77. The van der Waals surface area contributed by atoms with Crippen molar-refractivity contribution in [3.63, 3.8) is 0 Å². The first kappa shape index (κ1) is 8.98. The lowest BCUT2D eigenvalue weighted by atomic mass is 10.1. The molecule has 1 aromatic carbocycles. The molecule has 12 heavy (non-hydrogen) atoms. The van der Waals surface area contributed by atoms with Gasteiger partial charge in [-0.05, 0) is 24.1 Å². The summed E-state index contributed by atoms with van der Waals surface area (Å²) in [5, 5.41) is 0.584. The second-order valence-electron chi connectivity index (χ2n) is 2.33. The number of hydrogen-bond acceptors (Lipinski definition) is 2. The van der Waals surface area contributed by atoms with Crippen LogP contribution in [0.5, 0.6) is 0 Å². The summed E-state index contributed by atoms with van der Waals surface area (Å²) in [7, 11) is 0. The molecule has 0 aliphatic rings. The molecule has 0 aromatic heterocycles. The monoisotopic (exact) mass is 181 g/mol. The molecule has 0 amide bonds. The first-order valence-corrected chi connectivity index (χ1v) is 4.02. The van der Waals surface area contributed by atoms with E-state index in [0.717, 1.165) is 12.0 Å². The van der Waals surface area contributed by atoms with Crippen molar-refractivity contribution in [3.8, 4) is 0 Å². The van der Waals surface area contributed by atoms with E-state index >= 15 is 0 Å². The Morgan fingerprint density at radius 1 is 1.58 bits per heavy atom. The van der Waals surface area contributed by atoms with Gasteiger partial charge in [0.15, 0.2) is 0 Å². The van der Waals surface area contributed by atoms with Crippen molar-refractivity contribution in [2.24, 2.45) is 4.99 Å². The minimum atomic E-state index is 0.584. The summed E-state index contributed by atoms with van der Waals surface area (Å²) in [4.78, 5) is 13.6. The molecule has 62 valence electrons. The van der Waals surface area contributed by atoms with Gasteiger partial charge in [0.1, 0.15) is 0 Å². The summed E-state index contributed by atoms with van der Waals surface area (Å²) in [6.45, 7) is 1.99. The topological polar surface area (TPSA) is 29.4 Å². The number of aliphatic imine (C=N–C) groups is 1. The smallest absolute Gasteiger partial charge is 0.211 e. The summed E-state index contributed by atoms with van der Waals surface area (Å²) in [6, 6.07) is 5.30. The summed E-state index contributed by atoms with van der Waals surface area (Å²) in [5.74, 6) is 0. The predicted molar refractivity (Wildman–Crippen MR) is 48.6 cm³/mol. The third-order valence-electron chi connectivity index (χ3n) is 1.59. The molecule has 0 radical (unpaired) electrons.